The Bertz CT molecular complexity index is 817. The van der Waals surface area contributed by atoms with Gasteiger partial charge in [-0.05, 0) is 24.3 Å². The zero-order valence-corrected chi connectivity index (χ0v) is 13.1. The van der Waals surface area contributed by atoms with E-state index in [1.807, 2.05) is 12.1 Å². The molecule has 0 spiro atoms. The number of hydrogen-bond acceptors (Lipinski definition) is 6. The summed E-state index contributed by atoms with van der Waals surface area (Å²) >= 11 is 0. The van der Waals surface area contributed by atoms with Crippen LogP contribution in [0.4, 0.5) is 0 Å². The molecule has 3 rings (SSSR count). The second-order valence-corrected chi connectivity index (χ2v) is 4.95. The predicted molar refractivity (Wildman–Crippen MR) is 86.6 cm³/mol. The maximum atomic E-state index is 12.2. The van der Waals surface area contributed by atoms with Crippen molar-refractivity contribution in [2.75, 3.05) is 13.7 Å². The van der Waals surface area contributed by atoms with Crippen LogP contribution in [0.15, 0.2) is 53.2 Å². The summed E-state index contributed by atoms with van der Waals surface area (Å²) in [4.78, 5) is 16.2. The van der Waals surface area contributed by atoms with Crippen LogP contribution in [0.2, 0.25) is 0 Å². The van der Waals surface area contributed by atoms with Gasteiger partial charge in [-0.3, -0.25) is 9.78 Å². The topological polar surface area (TPSA) is 90.1 Å². The summed E-state index contributed by atoms with van der Waals surface area (Å²) in [5, 5.41) is 10.8. The van der Waals surface area contributed by atoms with Gasteiger partial charge in [-0.25, -0.2) is 0 Å². The van der Waals surface area contributed by atoms with Crippen molar-refractivity contribution in [2.24, 2.45) is 0 Å². The van der Waals surface area contributed by atoms with Crippen LogP contribution in [-0.2, 0) is 6.42 Å². The number of amides is 1. The van der Waals surface area contributed by atoms with E-state index in [2.05, 4.69) is 20.5 Å². The number of para-hydroxylation sites is 1. The van der Waals surface area contributed by atoms with Crippen LogP contribution in [-0.4, -0.2) is 34.7 Å². The van der Waals surface area contributed by atoms with E-state index in [1.165, 1.54) is 7.11 Å². The molecular weight excluding hydrogens is 308 g/mol. The van der Waals surface area contributed by atoms with Gasteiger partial charge in [-0.1, -0.05) is 12.1 Å². The van der Waals surface area contributed by atoms with E-state index in [0.717, 1.165) is 5.56 Å². The van der Waals surface area contributed by atoms with Crippen molar-refractivity contribution in [3.05, 3.63) is 60.2 Å². The van der Waals surface area contributed by atoms with Crippen molar-refractivity contribution in [3.63, 3.8) is 0 Å². The first-order chi connectivity index (χ1) is 11.8. The number of pyridine rings is 1. The summed E-state index contributed by atoms with van der Waals surface area (Å²) in [5.74, 6) is 1.19. The molecule has 0 aliphatic heterocycles. The van der Waals surface area contributed by atoms with E-state index in [-0.39, 0.29) is 5.91 Å². The number of hydrogen-bond donors (Lipinski definition) is 1. The Labute approximate surface area is 138 Å². The van der Waals surface area contributed by atoms with Gasteiger partial charge < -0.3 is 14.5 Å². The van der Waals surface area contributed by atoms with Crippen LogP contribution in [0.25, 0.3) is 11.5 Å². The highest BCUT2D eigenvalue weighted by molar-refractivity contribution is 5.96. The van der Waals surface area contributed by atoms with E-state index < -0.39 is 0 Å². The standard InChI is InChI=1S/C17H16N4O3/c1-23-14-7-3-2-6-13(14)16(22)19-10-8-15-20-21-17(24-15)12-5-4-9-18-11-12/h2-7,9,11H,8,10H2,1H3,(H,19,22). The number of benzene rings is 1. The van der Waals surface area contributed by atoms with Gasteiger partial charge in [0, 0.05) is 25.4 Å². The molecule has 24 heavy (non-hydrogen) atoms. The smallest absolute Gasteiger partial charge is 0.255 e. The van der Waals surface area contributed by atoms with Crippen molar-refractivity contribution in [2.45, 2.75) is 6.42 Å². The molecule has 0 radical (unpaired) electrons. The largest absolute Gasteiger partial charge is 0.496 e. The Morgan fingerprint density at radius 1 is 1.21 bits per heavy atom. The second kappa shape index (κ2) is 7.36. The highest BCUT2D eigenvalue weighted by Gasteiger charge is 2.12. The second-order valence-electron chi connectivity index (χ2n) is 4.95. The molecule has 3 aromatic rings. The first-order valence-corrected chi connectivity index (χ1v) is 7.42. The Morgan fingerprint density at radius 2 is 2.08 bits per heavy atom. The maximum Gasteiger partial charge on any atom is 0.255 e. The Kier molecular flexibility index (Phi) is 4.81. The molecule has 0 atom stereocenters. The van der Waals surface area contributed by atoms with Crippen molar-refractivity contribution in [1.29, 1.82) is 0 Å². The van der Waals surface area contributed by atoms with Gasteiger partial charge in [-0.15, -0.1) is 10.2 Å². The number of aromatic nitrogens is 3. The van der Waals surface area contributed by atoms with Crippen molar-refractivity contribution >= 4 is 5.91 Å². The van der Waals surface area contributed by atoms with Crippen LogP contribution >= 0.6 is 0 Å². The average Bonchev–Trinajstić information content (AvgIpc) is 3.11. The van der Waals surface area contributed by atoms with Gasteiger partial charge in [-0.2, -0.15) is 0 Å². The maximum absolute atomic E-state index is 12.2. The summed E-state index contributed by atoms with van der Waals surface area (Å²) in [5.41, 5.74) is 1.25. The lowest BCUT2D eigenvalue weighted by atomic mass is 10.2. The molecule has 0 saturated carbocycles. The molecule has 0 fully saturated rings. The van der Waals surface area contributed by atoms with Crippen LogP contribution < -0.4 is 10.1 Å². The molecule has 0 bridgehead atoms. The van der Waals surface area contributed by atoms with Gasteiger partial charge in [0.1, 0.15) is 5.75 Å². The Morgan fingerprint density at radius 3 is 2.88 bits per heavy atom. The number of rotatable bonds is 6. The lowest BCUT2D eigenvalue weighted by molar-refractivity contribution is 0.0950. The van der Waals surface area contributed by atoms with Crippen LogP contribution in [0.5, 0.6) is 5.75 Å². The van der Waals surface area contributed by atoms with Gasteiger partial charge >= 0.3 is 0 Å². The van der Waals surface area contributed by atoms with Crippen LogP contribution in [0.3, 0.4) is 0 Å². The molecule has 0 aliphatic carbocycles. The third-order valence-corrected chi connectivity index (χ3v) is 3.35. The molecule has 1 N–H and O–H groups in total. The minimum atomic E-state index is -0.209. The molecule has 0 unspecified atom stereocenters. The number of nitrogens with one attached hydrogen (secondary N) is 1. The molecule has 1 amide bonds. The molecule has 122 valence electrons. The predicted octanol–water partition coefficient (Wildman–Crippen LogP) is 2.11. The lowest BCUT2D eigenvalue weighted by Gasteiger charge is -2.08. The third kappa shape index (κ3) is 3.57. The molecule has 7 heteroatoms. The van der Waals surface area contributed by atoms with Crippen molar-refractivity contribution in [3.8, 4) is 17.2 Å². The molecule has 2 heterocycles. The lowest BCUT2D eigenvalue weighted by Crippen LogP contribution is -2.26. The van der Waals surface area contributed by atoms with Gasteiger partial charge in [0.2, 0.25) is 11.8 Å². The quantitative estimate of drug-likeness (QED) is 0.747. The first-order valence-electron chi connectivity index (χ1n) is 7.42. The number of nitrogens with zero attached hydrogens (tertiary/aromatic N) is 3. The molecule has 0 saturated heterocycles. The average molecular weight is 324 g/mol. The highest BCUT2D eigenvalue weighted by Crippen LogP contribution is 2.17. The Balaban J connectivity index is 1.57. The fraction of sp³-hybridized carbons (Fsp3) is 0.176. The molecule has 0 aliphatic rings. The first kappa shape index (κ1) is 15.7. The molecule has 1 aromatic carbocycles. The van der Waals surface area contributed by atoms with Crippen LogP contribution in [0.1, 0.15) is 16.2 Å². The monoisotopic (exact) mass is 324 g/mol. The number of methoxy groups -OCH3 is 1. The Hall–Kier alpha value is -3.22. The van der Waals surface area contributed by atoms with Crippen molar-refractivity contribution < 1.29 is 13.9 Å². The van der Waals surface area contributed by atoms with Crippen LogP contribution in [0, 0.1) is 0 Å². The summed E-state index contributed by atoms with van der Waals surface area (Å²) in [7, 11) is 1.53. The minimum absolute atomic E-state index is 0.209. The van der Waals surface area contributed by atoms with Gasteiger partial charge in [0.15, 0.2) is 0 Å². The van der Waals surface area contributed by atoms with E-state index in [4.69, 9.17) is 9.15 Å². The van der Waals surface area contributed by atoms with Gasteiger partial charge in [0.05, 0.1) is 18.2 Å². The fourth-order valence-electron chi connectivity index (χ4n) is 2.17. The van der Waals surface area contributed by atoms with E-state index in [9.17, 15) is 4.79 Å². The summed E-state index contributed by atoms with van der Waals surface area (Å²) in [6.45, 7) is 0.381. The fourth-order valence-corrected chi connectivity index (χ4v) is 2.17. The number of carbonyl (C=O) groups excluding carboxylic acids is 1. The minimum Gasteiger partial charge on any atom is -0.496 e. The van der Waals surface area contributed by atoms with Crippen molar-refractivity contribution in [1.82, 2.24) is 20.5 Å². The highest BCUT2D eigenvalue weighted by atomic mass is 16.5. The van der Waals surface area contributed by atoms with E-state index in [1.54, 1.807) is 36.7 Å². The number of carbonyl (C=O) groups is 1. The summed E-state index contributed by atoms with van der Waals surface area (Å²) < 4.78 is 10.7. The zero-order valence-electron chi connectivity index (χ0n) is 13.1. The molecular formula is C17H16N4O3. The van der Waals surface area contributed by atoms with E-state index in [0.29, 0.717) is 36.1 Å². The summed E-state index contributed by atoms with van der Waals surface area (Å²) in [6, 6.07) is 10.7. The SMILES string of the molecule is COc1ccccc1C(=O)NCCc1nnc(-c2cccnc2)o1. The third-order valence-electron chi connectivity index (χ3n) is 3.35. The summed E-state index contributed by atoms with van der Waals surface area (Å²) in [6.07, 6.45) is 3.77. The molecule has 7 nitrogen and oxygen atoms in total. The zero-order chi connectivity index (χ0) is 16.8. The van der Waals surface area contributed by atoms with E-state index >= 15 is 0 Å². The number of ether oxygens (including phenoxy) is 1. The van der Waals surface area contributed by atoms with Gasteiger partial charge in [0.25, 0.3) is 5.91 Å². The normalized spacial score (nSPS) is 10.4. The molecule has 2 aromatic heterocycles.